The number of aryl methyl sites for hydroxylation is 2. The van der Waals surface area contributed by atoms with Gasteiger partial charge in [0.25, 0.3) is 5.91 Å². The first-order valence-corrected chi connectivity index (χ1v) is 19.3. The zero-order chi connectivity index (χ0) is 35.8. The first kappa shape index (κ1) is 37.4. The monoisotopic (exact) mass is 721 g/mol. The largest absolute Gasteiger partial charge is 0.483 e. The number of hydrogen-bond donors (Lipinski definition) is 3. The van der Waals surface area contributed by atoms with Gasteiger partial charge in [0, 0.05) is 13.1 Å². The maximum atomic E-state index is 14.2. The maximum Gasteiger partial charge on any atom is 0.258 e. The minimum absolute atomic E-state index is 0.0468. The van der Waals surface area contributed by atoms with E-state index in [4.69, 9.17) is 4.74 Å². The lowest BCUT2D eigenvalue weighted by atomic mass is 10.0. The highest BCUT2D eigenvalue weighted by molar-refractivity contribution is 7.89. The van der Waals surface area contributed by atoms with Gasteiger partial charge in [-0.1, -0.05) is 73.7 Å². The fourth-order valence-corrected chi connectivity index (χ4v) is 8.79. The smallest absolute Gasteiger partial charge is 0.258 e. The number of amides is 2. The van der Waals surface area contributed by atoms with Crippen molar-refractivity contribution < 1.29 is 27.9 Å². The summed E-state index contributed by atoms with van der Waals surface area (Å²) in [5, 5.41) is 17.8. The van der Waals surface area contributed by atoms with E-state index in [2.05, 4.69) is 20.5 Å². The number of carbonyl (C=O) groups is 2. The fraction of sp³-hybridized carbons (Fsp3) is 0.432. The number of aliphatic hydroxyl groups excluding tert-OH is 1. The van der Waals surface area contributed by atoms with Gasteiger partial charge in [-0.05, 0) is 87.0 Å². The lowest BCUT2D eigenvalue weighted by Gasteiger charge is -2.30. The molecule has 1 aliphatic rings. The molecule has 2 amide bonds. The van der Waals surface area contributed by atoms with Crippen LogP contribution in [0.2, 0.25) is 0 Å². The van der Waals surface area contributed by atoms with Gasteiger partial charge in [0.1, 0.15) is 5.75 Å². The number of thiazole rings is 1. The number of rotatable bonds is 16. The molecule has 50 heavy (non-hydrogen) atoms. The minimum Gasteiger partial charge on any atom is -0.483 e. The average Bonchev–Trinajstić information content (AvgIpc) is 3.73. The number of para-hydroxylation sites is 1. The SMILES string of the molecule is Cc1cccc(C)c1OCC(=O)N[C@@H](Cc1ccccc1)[C@H](O)CN(CC(C)C)S(=O)(=O)c1ccc2nc(NC(=O)CN3CCCC3)sc2c1. The second-order valence-electron chi connectivity index (χ2n) is 13.3. The number of aliphatic hydroxyl groups is 1. The molecule has 1 aliphatic heterocycles. The Morgan fingerprint density at radius 2 is 1.68 bits per heavy atom. The van der Waals surface area contributed by atoms with Gasteiger partial charge in [0.2, 0.25) is 15.9 Å². The van der Waals surface area contributed by atoms with Crippen molar-refractivity contribution in [1.29, 1.82) is 0 Å². The molecular weight excluding hydrogens is 675 g/mol. The van der Waals surface area contributed by atoms with Gasteiger partial charge < -0.3 is 20.5 Å². The highest BCUT2D eigenvalue weighted by Crippen LogP contribution is 2.30. The van der Waals surface area contributed by atoms with Crippen LogP contribution in [0, 0.1) is 19.8 Å². The van der Waals surface area contributed by atoms with Crippen LogP contribution in [-0.4, -0.2) is 91.0 Å². The molecule has 13 heteroatoms. The van der Waals surface area contributed by atoms with Gasteiger partial charge in [-0.15, -0.1) is 0 Å². The fourth-order valence-electron chi connectivity index (χ4n) is 6.15. The van der Waals surface area contributed by atoms with E-state index in [9.17, 15) is 23.1 Å². The standard InChI is InChI=1S/C37H47N5O6S2/c1-25(2)21-42(50(46,47)29-15-16-30-33(20-29)49-37(39-30)40-34(44)23-41-17-8-9-18-41)22-32(43)31(19-28-13-6-5-7-14-28)38-35(45)24-48-36-26(3)11-10-12-27(36)4/h5-7,10-16,20,25,31-32,43H,8-9,17-19,21-24H2,1-4H3,(H,38,45)(H,39,40,44)/t31-,32+/m0/s1. The Bertz CT molecular complexity index is 1860. The third-order valence-electron chi connectivity index (χ3n) is 8.64. The number of nitrogens with zero attached hydrogens (tertiary/aromatic N) is 3. The molecule has 3 aromatic carbocycles. The van der Waals surface area contributed by atoms with Crippen LogP contribution >= 0.6 is 11.3 Å². The van der Waals surface area contributed by atoms with E-state index in [1.54, 1.807) is 12.1 Å². The van der Waals surface area contributed by atoms with Gasteiger partial charge >= 0.3 is 0 Å². The molecule has 4 aromatic rings. The Labute approximate surface area is 298 Å². The highest BCUT2D eigenvalue weighted by atomic mass is 32.2. The first-order valence-electron chi connectivity index (χ1n) is 17.0. The van der Waals surface area contributed by atoms with Crippen LogP contribution in [0.15, 0.2) is 71.6 Å². The molecule has 1 fully saturated rings. The lowest BCUT2D eigenvalue weighted by Crippen LogP contribution is -2.52. The Morgan fingerprint density at radius 3 is 2.36 bits per heavy atom. The Balaban J connectivity index is 1.32. The third kappa shape index (κ3) is 9.88. The Hall–Kier alpha value is -3.88. The Morgan fingerprint density at radius 1 is 0.980 bits per heavy atom. The van der Waals surface area contributed by atoms with Crippen molar-refractivity contribution in [2.45, 2.75) is 64.0 Å². The number of nitrogens with one attached hydrogen (secondary N) is 2. The number of hydrogen-bond acceptors (Lipinski definition) is 9. The van der Waals surface area contributed by atoms with E-state index in [1.165, 1.54) is 21.7 Å². The van der Waals surface area contributed by atoms with Crippen molar-refractivity contribution >= 4 is 48.5 Å². The van der Waals surface area contributed by atoms with Crippen LogP contribution in [0.1, 0.15) is 43.4 Å². The molecule has 0 aliphatic carbocycles. The molecule has 1 aromatic heterocycles. The molecular formula is C37H47N5O6S2. The van der Waals surface area contributed by atoms with Gasteiger partial charge in [-0.2, -0.15) is 4.31 Å². The highest BCUT2D eigenvalue weighted by Gasteiger charge is 2.32. The topological polar surface area (TPSA) is 141 Å². The summed E-state index contributed by atoms with van der Waals surface area (Å²) in [6.07, 6.45) is 1.22. The van der Waals surface area contributed by atoms with Crippen LogP contribution in [-0.2, 0) is 26.0 Å². The molecule has 11 nitrogen and oxygen atoms in total. The van der Waals surface area contributed by atoms with Gasteiger partial charge in [0.15, 0.2) is 11.7 Å². The van der Waals surface area contributed by atoms with Crippen molar-refractivity contribution in [1.82, 2.24) is 19.5 Å². The van der Waals surface area contributed by atoms with Crippen molar-refractivity contribution in [2.75, 3.05) is 44.6 Å². The summed E-state index contributed by atoms with van der Waals surface area (Å²) in [5.74, 6) is 0.00993. The first-order chi connectivity index (χ1) is 23.9. The number of anilines is 1. The van der Waals surface area contributed by atoms with Gasteiger partial charge in [-0.3, -0.25) is 14.5 Å². The summed E-state index contributed by atoms with van der Waals surface area (Å²) in [4.78, 5) is 32.4. The molecule has 0 saturated carbocycles. The van der Waals surface area contributed by atoms with E-state index in [0.29, 0.717) is 27.6 Å². The lowest BCUT2D eigenvalue weighted by molar-refractivity contribution is -0.124. The number of benzene rings is 3. The van der Waals surface area contributed by atoms with E-state index >= 15 is 0 Å². The zero-order valence-corrected chi connectivity index (χ0v) is 30.7. The van der Waals surface area contributed by atoms with Crippen molar-refractivity contribution in [3.63, 3.8) is 0 Å². The van der Waals surface area contributed by atoms with E-state index in [-0.39, 0.29) is 42.8 Å². The molecule has 5 rings (SSSR count). The molecule has 2 atom stereocenters. The molecule has 268 valence electrons. The molecule has 2 heterocycles. The molecule has 3 N–H and O–H groups in total. The minimum atomic E-state index is -4.08. The second kappa shape index (κ2) is 16.9. The average molecular weight is 722 g/mol. The van der Waals surface area contributed by atoms with Crippen molar-refractivity contribution in [3.8, 4) is 5.75 Å². The molecule has 0 unspecified atom stereocenters. The summed E-state index contributed by atoms with van der Waals surface area (Å²) in [7, 11) is -4.08. The van der Waals surface area contributed by atoms with Crippen LogP contribution in [0.4, 0.5) is 5.13 Å². The quantitative estimate of drug-likeness (QED) is 0.151. The van der Waals surface area contributed by atoms with Crippen LogP contribution in [0.25, 0.3) is 10.2 Å². The van der Waals surface area contributed by atoms with Gasteiger partial charge in [0.05, 0.1) is 33.8 Å². The zero-order valence-electron chi connectivity index (χ0n) is 29.1. The van der Waals surface area contributed by atoms with E-state index in [1.807, 2.05) is 76.2 Å². The van der Waals surface area contributed by atoms with Crippen LogP contribution in [0.5, 0.6) is 5.75 Å². The van der Waals surface area contributed by atoms with Crippen molar-refractivity contribution in [2.24, 2.45) is 5.92 Å². The summed E-state index contributed by atoms with van der Waals surface area (Å²) in [6, 6.07) is 19.1. The number of likely N-dealkylation sites (tertiary alicyclic amines) is 1. The number of ether oxygens (including phenoxy) is 1. The second-order valence-corrected chi connectivity index (χ2v) is 16.3. The molecule has 0 radical (unpaired) electrons. The number of aromatic nitrogens is 1. The molecule has 0 spiro atoms. The third-order valence-corrected chi connectivity index (χ3v) is 11.4. The van der Waals surface area contributed by atoms with Gasteiger partial charge in [-0.25, -0.2) is 13.4 Å². The number of fused-ring (bicyclic) bond motifs is 1. The van der Waals surface area contributed by atoms with E-state index in [0.717, 1.165) is 42.6 Å². The predicted octanol–water partition coefficient (Wildman–Crippen LogP) is 4.76. The summed E-state index contributed by atoms with van der Waals surface area (Å²) < 4.78 is 36.1. The maximum absolute atomic E-state index is 14.2. The number of sulfonamides is 1. The van der Waals surface area contributed by atoms with Crippen LogP contribution < -0.4 is 15.4 Å². The molecule has 1 saturated heterocycles. The summed E-state index contributed by atoms with van der Waals surface area (Å²) in [6.45, 7) is 9.39. The number of carbonyl (C=O) groups excluding carboxylic acids is 2. The molecule has 0 bridgehead atoms. The van der Waals surface area contributed by atoms with E-state index < -0.39 is 28.1 Å². The van der Waals surface area contributed by atoms with Crippen molar-refractivity contribution in [3.05, 3.63) is 83.4 Å². The summed E-state index contributed by atoms with van der Waals surface area (Å²) in [5.41, 5.74) is 3.27. The summed E-state index contributed by atoms with van der Waals surface area (Å²) >= 11 is 1.22. The van der Waals surface area contributed by atoms with Crippen LogP contribution in [0.3, 0.4) is 0 Å². The predicted molar refractivity (Wildman–Crippen MR) is 197 cm³/mol. The normalized spacial score (nSPS) is 15.0. The Kier molecular flexibility index (Phi) is 12.6.